The Bertz CT molecular complexity index is 336. The highest BCUT2D eigenvalue weighted by molar-refractivity contribution is 7.11. The molecule has 0 aliphatic carbocycles. The molecule has 1 heterocycles. The average Bonchev–Trinajstić information content (AvgIpc) is 2.47. The van der Waals surface area contributed by atoms with Crippen molar-refractivity contribution < 1.29 is 0 Å². The summed E-state index contributed by atoms with van der Waals surface area (Å²) in [5.74, 6) is 2.72. The summed E-state index contributed by atoms with van der Waals surface area (Å²) in [6.45, 7) is 6.99. The molecule has 2 nitrogen and oxygen atoms in total. The normalized spacial score (nSPS) is 12.4. The molecule has 0 aliphatic rings. The van der Waals surface area contributed by atoms with Gasteiger partial charge in [0.25, 0.3) is 0 Å². The zero-order valence-electron chi connectivity index (χ0n) is 8.92. The lowest BCUT2D eigenvalue weighted by Crippen LogP contribution is -2.25. The van der Waals surface area contributed by atoms with Crippen LogP contribution in [0.4, 0.5) is 0 Å². The second-order valence-corrected chi connectivity index (χ2v) is 4.54. The molecule has 1 unspecified atom stereocenters. The van der Waals surface area contributed by atoms with E-state index in [2.05, 4.69) is 23.1 Å². The number of nitrogens with one attached hydrogen (secondary N) is 1. The van der Waals surface area contributed by atoms with Crippen LogP contribution in [0.1, 0.15) is 28.9 Å². The minimum atomic E-state index is 0.178. The standard InChI is InChI=1S/C11H16N2S/c1-5-10(6-2)12-7-11-8(3)13-9(4)14-11/h1,10,12H,6-7H2,2-4H3. The number of thiazole rings is 1. The molecule has 76 valence electrons. The number of rotatable bonds is 4. The predicted octanol–water partition coefficient (Wildman–Crippen LogP) is 2.26. The van der Waals surface area contributed by atoms with Gasteiger partial charge in [-0.2, -0.15) is 0 Å². The van der Waals surface area contributed by atoms with Crippen molar-refractivity contribution >= 4 is 11.3 Å². The summed E-state index contributed by atoms with van der Waals surface area (Å²) in [6, 6.07) is 0.178. The molecule has 0 saturated heterocycles. The van der Waals surface area contributed by atoms with Crippen molar-refractivity contribution in [1.82, 2.24) is 10.3 Å². The van der Waals surface area contributed by atoms with E-state index in [1.165, 1.54) is 4.88 Å². The van der Waals surface area contributed by atoms with Crippen LogP contribution in [0.5, 0.6) is 0 Å². The Balaban J connectivity index is 2.53. The maximum atomic E-state index is 5.37. The van der Waals surface area contributed by atoms with E-state index in [0.29, 0.717) is 0 Å². The van der Waals surface area contributed by atoms with Crippen molar-refractivity contribution in [3.05, 3.63) is 15.6 Å². The Hall–Kier alpha value is -0.850. The van der Waals surface area contributed by atoms with Crippen LogP contribution in [-0.2, 0) is 6.54 Å². The molecule has 1 atom stereocenters. The van der Waals surface area contributed by atoms with Crippen molar-refractivity contribution in [2.24, 2.45) is 0 Å². The highest BCUT2D eigenvalue weighted by Gasteiger charge is 2.06. The van der Waals surface area contributed by atoms with Gasteiger partial charge in [-0.15, -0.1) is 17.8 Å². The third kappa shape index (κ3) is 2.83. The third-order valence-corrected chi connectivity index (χ3v) is 3.19. The molecule has 0 aliphatic heterocycles. The van der Waals surface area contributed by atoms with E-state index in [0.717, 1.165) is 23.7 Å². The summed E-state index contributed by atoms with van der Waals surface area (Å²) >= 11 is 1.74. The van der Waals surface area contributed by atoms with Crippen LogP contribution < -0.4 is 5.32 Å². The predicted molar refractivity (Wildman–Crippen MR) is 61.3 cm³/mol. The van der Waals surface area contributed by atoms with Crippen LogP contribution >= 0.6 is 11.3 Å². The molecule has 0 radical (unpaired) electrons. The van der Waals surface area contributed by atoms with Crippen molar-refractivity contribution in [2.45, 2.75) is 39.8 Å². The SMILES string of the molecule is C#CC(CC)NCc1sc(C)nc1C. The van der Waals surface area contributed by atoms with Gasteiger partial charge in [-0.25, -0.2) is 4.98 Å². The number of aromatic nitrogens is 1. The third-order valence-electron chi connectivity index (χ3n) is 2.12. The van der Waals surface area contributed by atoms with E-state index in [1.54, 1.807) is 11.3 Å². The minimum Gasteiger partial charge on any atom is -0.299 e. The van der Waals surface area contributed by atoms with Gasteiger partial charge in [-0.05, 0) is 20.3 Å². The fourth-order valence-corrected chi connectivity index (χ4v) is 2.16. The lowest BCUT2D eigenvalue weighted by Gasteiger charge is -2.09. The van der Waals surface area contributed by atoms with Crippen LogP contribution in [0.15, 0.2) is 0 Å². The highest BCUT2D eigenvalue weighted by Crippen LogP contribution is 2.16. The fraction of sp³-hybridized carbons (Fsp3) is 0.545. The maximum absolute atomic E-state index is 5.37. The van der Waals surface area contributed by atoms with Crippen LogP contribution in [0.25, 0.3) is 0 Å². The van der Waals surface area contributed by atoms with Crippen LogP contribution in [0.3, 0.4) is 0 Å². The molecule has 0 spiro atoms. The van der Waals surface area contributed by atoms with E-state index >= 15 is 0 Å². The molecule has 1 rings (SSSR count). The molecular weight excluding hydrogens is 192 g/mol. The van der Waals surface area contributed by atoms with Crippen LogP contribution in [-0.4, -0.2) is 11.0 Å². The van der Waals surface area contributed by atoms with Gasteiger partial charge >= 0.3 is 0 Å². The smallest absolute Gasteiger partial charge is 0.0900 e. The molecule has 0 saturated carbocycles. The second-order valence-electron chi connectivity index (χ2n) is 3.25. The average molecular weight is 208 g/mol. The maximum Gasteiger partial charge on any atom is 0.0900 e. The number of nitrogens with zero attached hydrogens (tertiary/aromatic N) is 1. The van der Waals surface area contributed by atoms with Gasteiger partial charge in [0.05, 0.1) is 16.7 Å². The summed E-state index contributed by atoms with van der Waals surface area (Å²) in [6.07, 6.45) is 6.33. The number of hydrogen-bond donors (Lipinski definition) is 1. The van der Waals surface area contributed by atoms with Crippen molar-refractivity contribution in [3.63, 3.8) is 0 Å². The Morgan fingerprint density at radius 1 is 1.57 bits per heavy atom. The Morgan fingerprint density at radius 3 is 2.71 bits per heavy atom. The molecule has 1 aromatic rings. The largest absolute Gasteiger partial charge is 0.299 e. The lowest BCUT2D eigenvalue weighted by molar-refractivity contribution is 0.595. The molecule has 14 heavy (non-hydrogen) atoms. The first-order chi connectivity index (χ1) is 6.67. The Labute approximate surface area is 89.8 Å². The molecule has 0 aromatic carbocycles. The Kier molecular flexibility index (Phi) is 4.12. The van der Waals surface area contributed by atoms with Gasteiger partial charge in [0, 0.05) is 11.4 Å². The van der Waals surface area contributed by atoms with Gasteiger partial charge in [0.2, 0.25) is 0 Å². The fourth-order valence-electron chi connectivity index (χ4n) is 1.27. The van der Waals surface area contributed by atoms with Crippen molar-refractivity contribution in [1.29, 1.82) is 0 Å². The molecule has 3 heteroatoms. The zero-order valence-corrected chi connectivity index (χ0v) is 9.74. The van der Waals surface area contributed by atoms with Gasteiger partial charge in [-0.1, -0.05) is 12.8 Å². The molecule has 0 bridgehead atoms. The highest BCUT2D eigenvalue weighted by atomic mass is 32.1. The first-order valence-corrected chi connectivity index (χ1v) is 5.61. The van der Waals surface area contributed by atoms with E-state index in [4.69, 9.17) is 6.42 Å². The van der Waals surface area contributed by atoms with Gasteiger partial charge < -0.3 is 0 Å². The molecule has 0 fully saturated rings. The zero-order chi connectivity index (χ0) is 10.6. The quantitative estimate of drug-likeness (QED) is 0.768. The Morgan fingerprint density at radius 2 is 2.29 bits per heavy atom. The second kappa shape index (κ2) is 5.14. The summed E-state index contributed by atoms with van der Waals surface area (Å²) in [5.41, 5.74) is 1.12. The van der Waals surface area contributed by atoms with Crippen LogP contribution in [0, 0.1) is 26.2 Å². The van der Waals surface area contributed by atoms with Crippen molar-refractivity contribution in [2.75, 3.05) is 0 Å². The van der Waals surface area contributed by atoms with E-state index < -0.39 is 0 Å². The minimum absolute atomic E-state index is 0.178. The van der Waals surface area contributed by atoms with E-state index in [1.807, 2.05) is 13.8 Å². The topological polar surface area (TPSA) is 24.9 Å². The molecular formula is C11H16N2S. The van der Waals surface area contributed by atoms with Gasteiger partial charge in [0.1, 0.15) is 0 Å². The lowest BCUT2D eigenvalue weighted by atomic mass is 10.2. The summed E-state index contributed by atoms with van der Waals surface area (Å²) in [4.78, 5) is 5.66. The molecule has 1 aromatic heterocycles. The summed E-state index contributed by atoms with van der Waals surface area (Å²) in [5, 5.41) is 4.44. The molecule has 1 N–H and O–H groups in total. The van der Waals surface area contributed by atoms with Crippen LogP contribution in [0.2, 0.25) is 0 Å². The van der Waals surface area contributed by atoms with Crippen molar-refractivity contribution in [3.8, 4) is 12.3 Å². The van der Waals surface area contributed by atoms with Gasteiger partial charge in [-0.3, -0.25) is 5.32 Å². The number of aryl methyl sites for hydroxylation is 2. The summed E-state index contributed by atoms with van der Waals surface area (Å²) < 4.78 is 0. The number of hydrogen-bond acceptors (Lipinski definition) is 3. The molecule has 0 amide bonds. The van der Waals surface area contributed by atoms with E-state index in [9.17, 15) is 0 Å². The first-order valence-electron chi connectivity index (χ1n) is 4.79. The van der Waals surface area contributed by atoms with Gasteiger partial charge in [0.15, 0.2) is 0 Å². The number of terminal acetylenes is 1. The first kappa shape index (κ1) is 11.2. The summed E-state index contributed by atoms with van der Waals surface area (Å²) in [7, 11) is 0. The monoisotopic (exact) mass is 208 g/mol. The van der Waals surface area contributed by atoms with E-state index in [-0.39, 0.29) is 6.04 Å².